The molecule has 3 heterocycles. The fraction of sp³-hybridized carbons (Fsp3) is 0.136. The van der Waals surface area contributed by atoms with E-state index in [1.165, 1.54) is 10.6 Å². The molecule has 3 aromatic heterocycles. The van der Waals surface area contributed by atoms with Crippen molar-refractivity contribution < 1.29 is 4.42 Å². The molecular weight excluding hydrogens is 366 g/mol. The van der Waals surface area contributed by atoms with Crippen molar-refractivity contribution in [2.75, 3.05) is 10.7 Å². The lowest BCUT2D eigenvalue weighted by atomic mass is 10.2. The largest absolute Gasteiger partial charge is 0.467 e. The second-order valence-electron chi connectivity index (χ2n) is 6.73. The number of benzene rings is 1. The fourth-order valence-electron chi connectivity index (χ4n) is 2.95. The predicted octanol–water partition coefficient (Wildman–Crippen LogP) is 3.96. The second kappa shape index (κ2) is 8.02. The summed E-state index contributed by atoms with van der Waals surface area (Å²) in [7, 11) is 0. The Kier molecular flexibility index (Phi) is 5.11. The van der Waals surface area contributed by atoms with E-state index in [2.05, 4.69) is 20.8 Å². The molecule has 29 heavy (non-hydrogen) atoms. The number of anilines is 2. The maximum atomic E-state index is 13.1. The number of nitrogens with zero attached hydrogens (tertiary/aromatic N) is 3. The molecule has 7 heteroatoms. The molecule has 0 saturated carbocycles. The first-order valence-corrected chi connectivity index (χ1v) is 9.26. The topological polar surface area (TPSA) is 83.9 Å². The number of aryl methyl sites for hydroxylation is 2. The van der Waals surface area contributed by atoms with Crippen LogP contribution in [-0.4, -0.2) is 15.6 Å². The van der Waals surface area contributed by atoms with Gasteiger partial charge in [0.25, 0.3) is 5.56 Å². The zero-order chi connectivity index (χ0) is 20.2. The first kappa shape index (κ1) is 18.5. The number of aromatic nitrogens is 2. The Morgan fingerprint density at radius 3 is 2.72 bits per heavy atom. The smallest absolute Gasteiger partial charge is 0.268 e. The van der Waals surface area contributed by atoms with Gasteiger partial charge in [0.1, 0.15) is 22.8 Å². The SMILES string of the molecule is Cc1ccc(N/N=C/c2c(NCc3ccco3)nc3c(C)cccn3c2=O)cc1. The third-order valence-electron chi connectivity index (χ3n) is 4.53. The summed E-state index contributed by atoms with van der Waals surface area (Å²) in [6.45, 7) is 4.35. The van der Waals surface area contributed by atoms with E-state index in [4.69, 9.17) is 4.42 Å². The summed E-state index contributed by atoms with van der Waals surface area (Å²) in [6, 6.07) is 15.3. The second-order valence-corrected chi connectivity index (χ2v) is 6.73. The van der Waals surface area contributed by atoms with E-state index >= 15 is 0 Å². The molecule has 0 amide bonds. The molecule has 0 fully saturated rings. The maximum absolute atomic E-state index is 13.1. The lowest BCUT2D eigenvalue weighted by molar-refractivity contribution is 0.518. The number of rotatable bonds is 6. The van der Waals surface area contributed by atoms with Crippen LogP contribution in [0.5, 0.6) is 0 Å². The van der Waals surface area contributed by atoms with Gasteiger partial charge in [-0.25, -0.2) is 4.98 Å². The van der Waals surface area contributed by atoms with Gasteiger partial charge in [-0.3, -0.25) is 14.6 Å². The zero-order valence-electron chi connectivity index (χ0n) is 16.2. The summed E-state index contributed by atoms with van der Waals surface area (Å²) in [4.78, 5) is 17.8. The highest BCUT2D eigenvalue weighted by Gasteiger charge is 2.13. The van der Waals surface area contributed by atoms with Crippen LogP contribution in [0.25, 0.3) is 5.65 Å². The van der Waals surface area contributed by atoms with Crippen molar-refractivity contribution in [3.05, 3.63) is 93.8 Å². The van der Waals surface area contributed by atoms with Gasteiger partial charge in [0, 0.05) is 6.20 Å². The standard InChI is InChI=1S/C22H21N5O2/c1-15-7-9-17(10-8-15)26-24-14-19-20(23-13-18-6-4-12-29-18)25-21-16(2)5-3-11-27(21)22(19)28/h3-12,14,23,26H,13H2,1-2H3/b24-14+. The summed E-state index contributed by atoms with van der Waals surface area (Å²) < 4.78 is 6.89. The van der Waals surface area contributed by atoms with Crippen LogP contribution in [0.2, 0.25) is 0 Å². The lowest BCUT2D eigenvalue weighted by Gasteiger charge is -2.11. The summed E-state index contributed by atoms with van der Waals surface area (Å²) in [5.41, 5.74) is 6.62. The molecule has 146 valence electrons. The van der Waals surface area contributed by atoms with E-state index in [-0.39, 0.29) is 5.56 Å². The molecule has 0 radical (unpaired) electrons. The van der Waals surface area contributed by atoms with E-state index < -0.39 is 0 Å². The molecule has 0 saturated heterocycles. The Hall–Kier alpha value is -3.87. The molecule has 0 aliphatic carbocycles. The van der Waals surface area contributed by atoms with Crippen molar-refractivity contribution in [3.8, 4) is 0 Å². The summed E-state index contributed by atoms with van der Waals surface area (Å²) >= 11 is 0. The highest BCUT2D eigenvalue weighted by molar-refractivity contribution is 5.87. The van der Waals surface area contributed by atoms with E-state index in [1.807, 2.05) is 62.4 Å². The molecule has 0 aliphatic rings. The van der Waals surface area contributed by atoms with Crippen molar-refractivity contribution in [2.45, 2.75) is 20.4 Å². The van der Waals surface area contributed by atoms with Crippen LogP contribution in [0.15, 0.2) is 75.3 Å². The Morgan fingerprint density at radius 1 is 1.14 bits per heavy atom. The summed E-state index contributed by atoms with van der Waals surface area (Å²) in [6.07, 6.45) is 4.81. The normalized spacial score (nSPS) is 11.2. The number of nitrogens with one attached hydrogen (secondary N) is 2. The number of hydrazone groups is 1. The van der Waals surface area contributed by atoms with Crippen LogP contribution in [0.4, 0.5) is 11.5 Å². The third kappa shape index (κ3) is 4.03. The van der Waals surface area contributed by atoms with Gasteiger partial charge < -0.3 is 9.73 Å². The molecule has 1 aromatic carbocycles. The molecule has 7 nitrogen and oxygen atoms in total. The van der Waals surface area contributed by atoms with E-state index in [1.54, 1.807) is 12.5 Å². The molecule has 0 unspecified atom stereocenters. The highest BCUT2D eigenvalue weighted by atomic mass is 16.3. The van der Waals surface area contributed by atoms with Gasteiger partial charge in [0.15, 0.2) is 0 Å². The predicted molar refractivity (Wildman–Crippen MR) is 115 cm³/mol. The van der Waals surface area contributed by atoms with Crippen molar-refractivity contribution in [1.82, 2.24) is 9.38 Å². The summed E-state index contributed by atoms with van der Waals surface area (Å²) in [5.74, 6) is 1.20. The number of furan rings is 1. The van der Waals surface area contributed by atoms with Crippen LogP contribution in [-0.2, 0) is 6.54 Å². The number of fused-ring (bicyclic) bond motifs is 1. The summed E-state index contributed by atoms with van der Waals surface area (Å²) in [5, 5.41) is 7.44. The van der Waals surface area contributed by atoms with E-state index in [9.17, 15) is 4.79 Å². The molecule has 0 spiro atoms. The van der Waals surface area contributed by atoms with Crippen molar-refractivity contribution in [2.24, 2.45) is 5.10 Å². The fourth-order valence-corrected chi connectivity index (χ4v) is 2.95. The first-order chi connectivity index (χ1) is 14.1. The van der Waals surface area contributed by atoms with E-state index in [0.29, 0.717) is 23.6 Å². The van der Waals surface area contributed by atoms with Crippen molar-refractivity contribution >= 4 is 23.4 Å². The van der Waals surface area contributed by atoms with E-state index in [0.717, 1.165) is 22.6 Å². The van der Waals surface area contributed by atoms with Gasteiger partial charge in [0.05, 0.1) is 24.7 Å². The van der Waals surface area contributed by atoms with Crippen LogP contribution >= 0.6 is 0 Å². The minimum Gasteiger partial charge on any atom is -0.467 e. The zero-order valence-corrected chi connectivity index (χ0v) is 16.2. The average molecular weight is 387 g/mol. The quantitative estimate of drug-likeness (QED) is 0.386. The molecule has 4 aromatic rings. The van der Waals surface area contributed by atoms with Crippen LogP contribution in [0.1, 0.15) is 22.5 Å². The molecule has 2 N–H and O–H groups in total. The van der Waals surface area contributed by atoms with Crippen LogP contribution < -0.4 is 16.3 Å². The molecule has 0 aliphatic heterocycles. The number of hydrogen-bond donors (Lipinski definition) is 2. The Morgan fingerprint density at radius 2 is 1.97 bits per heavy atom. The number of hydrogen-bond acceptors (Lipinski definition) is 6. The van der Waals surface area contributed by atoms with Crippen molar-refractivity contribution in [3.63, 3.8) is 0 Å². The minimum absolute atomic E-state index is 0.199. The van der Waals surface area contributed by atoms with Crippen LogP contribution in [0, 0.1) is 13.8 Å². The van der Waals surface area contributed by atoms with Crippen molar-refractivity contribution in [1.29, 1.82) is 0 Å². The van der Waals surface area contributed by atoms with Gasteiger partial charge >= 0.3 is 0 Å². The molecule has 4 rings (SSSR count). The average Bonchev–Trinajstić information content (AvgIpc) is 3.24. The first-order valence-electron chi connectivity index (χ1n) is 9.26. The van der Waals surface area contributed by atoms with Gasteiger partial charge in [0.2, 0.25) is 0 Å². The lowest BCUT2D eigenvalue weighted by Crippen LogP contribution is -2.23. The Balaban J connectivity index is 1.70. The maximum Gasteiger partial charge on any atom is 0.268 e. The molecule has 0 bridgehead atoms. The van der Waals surface area contributed by atoms with Crippen LogP contribution in [0.3, 0.4) is 0 Å². The Labute approximate surface area is 167 Å². The minimum atomic E-state index is -0.199. The molecular formula is C22H21N5O2. The monoisotopic (exact) mass is 387 g/mol. The van der Waals surface area contributed by atoms with Gasteiger partial charge in [-0.2, -0.15) is 5.10 Å². The third-order valence-corrected chi connectivity index (χ3v) is 4.53. The van der Waals surface area contributed by atoms with Gasteiger partial charge in [-0.05, 0) is 49.7 Å². The van der Waals surface area contributed by atoms with Gasteiger partial charge in [-0.1, -0.05) is 23.8 Å². The highest BCUT2D eigenvalue weighted by Crippen LogP contribution is 2.14. The van der Waals surface area contributed by atoms with Gasteiger partial charge in [-0.15, -0.1) is 0 Å². The Bertz CT molecular complexity index is 1210. The number of pyridine rings is 1. The molecule has 0 atom stereocenters.